The number of carbonyl (C=O) groups is 1. The number of hydrogen-bond acceptors (Lipinski definition) is 4. The SMILES string of the molecule is CCCCn1c(SCC(=O)NC(CC)c2ccc(Cl)cc2)n[nH]c1=O. The second-order valence-electron chi connectivity index (χ2n) is 5.69. The fourth-order valence-electron chi connectivity index (χ4n) is 2.41. The molecule has 0 fully saturated rings. The number of amides is 1. The van der Waals surface area contributed by atoms with Crippen LogP contribution in [0.5, 0.6) is 0 Å². The van der Waals surface area contributed by atoms with Gasteiger partial charge in [-0.3, -0.25) is 9.36 Å². The van der Waals surface area contributed by atoms with Gasteiger partial charge in [0.05, 0.1) is 11.8 Å². The number of aromatic amines is 1. The third-order valence-electron chi connectivity index (χ3n) is 3.81. The number of unbranched alkanes of at least 4 members (excludes halogenated alkanes) is 1. The summed E-state index contributed by atoms with van der Waals surface area (Å²) < 4.78 is 1.58. The molecule has 1 atom stereocenters. The normalized spacial score (nSPS) is 12.1. The molecule has 1 aromatic carbocycles. The van der Waals surface area contributed by atoms with Crippen LogP contribution in [-0.2, 0) is 11.3 Å². The molecule has 0 radical (unpaired) electrons. The van der Waals surface area contributed by atoms with Crippen LogP contribution in [0.25, 0.3) is 0 Å². The number of halogens is 1. The van der Waals surface area contributed by atoms with Crippen molar-refractivity contribution in [2.75, 3.05) is 5.75 Å². The highest BCUT2D eigenvalue weighted by Gasteiger charge is 2.15. The second-order valence-corrected chi connectivity index (χ2v) is 7.06. The lowest BCUT2D eigenvalue weighted by molar-refractivity contribution is -0.119. The van der Waals surface area contributed by atoms with Crippen molar-refractivity contribution in [1.82, 2.24) is 20.1 Å². The summed E-state index contributed by atoms with van der Waals surface area (Å²) in [5.41, 5.74) is 0.786. The minimum atomic E-state index is -0.232. The molecular formula is C17H23ClN4O2S. The van der Waals surface area contributed by atoms with E-state index in [9.17, 15) is 9.59 Å². The average Bonchev–Trinajstić information content (AvgIpc) is 2.96. The van der Waals surface area contributed by atoms with E-state index in [1.54, 1.807) is 4.57 Å². The van der Waals surface area contributed by atoms with Crippen LogP contribution in [0.15, 0.2) is 34.2 Å². The smallest absolute Gasteiger partial charge is 0.343 e. The molecule has 0 spiro atoms. The Balaban J connectivity index is 1.93. The average molecular weight is 383 g/mol. The molecule has 8 heteroatoms. The lowest BCUT2D eigenvalue weighted by Crippen LogP contribution is -2.29. The Hall–Kier alpha value is -1.73. The molecule has 1 amide bonds. The van der Waals surface area contributed by atoms with Crippen LogP contribution in [0.3, 0.4) is 0 Å². The molecule has 0 aliphatic heterocycles. The minimum Gasteiger partial charge on any atom is -0.349 e. The third kappa shape index (κ3) is 5.64. The van der Waals surface area contributed by atoms with Gasteiger partial charge in [-0.1, -0.05) is 55.8 Å². The quantitative estimate of drug-likeness (QED) is 0.651. The largest absolute Gasteiger partial charge is 0.349 e. The predicted octanol–water partition coefficient (Wildman–Crippen LogP) is 3.38. The highest BCUT2D eigenvalue weighted by molar-refractivity contribution is 7.99. The molecular weight excluding hydrogens is 360 g/mol. The maximum atomic E-state index is 12.3. The van der Waals surface area contributed by atoms with Crippen LogP contribution >= 0.6 is 23.4 Å². The monoisotopic (exact) mass is 382 g/mol. The van der Waals surface area contributed by atoms with E-state index in [4.69, 9.17) is 11.6 Å². The van der Waals surface area contributed by atoms with E-state index in [0.29, 0.717) is 16.7 Å². The summed E-state index contributed by atoms with van der Waals surface area (Å²) in [6, 6.07) is 7.40. The van der Waals surface area contributed by atoms with Crippen molar-refractivity contribution < 1.29 is 4.79 Å². The summed E-state index contributed by atoms with van der Waals surface area (Å²) in [5, 5.41) is 10.7. The number of H-pyrrole nitrogens is 1. The zero-order chi connectivity index (χ0) is 18.2. The van der Waals surface area contributed by atoms with Crippen LogP contribution < -0.4 is 11.0 Å². The van der Waals surface area contributed by atoms with Crippen molar-refractivity contribution >= 4 is 29.3 Å². The zero-order valence-corrected chi connectivity index (χ0v) is 16.0. The number of nitrogens with one attached hydrogen (secondary N) is 2. The van der Waals surface area contributed by atoms with Crippen LogP contribution in [0.4, 0.5) is 0 Å². The van der Waals surface area contributed by atoms with Crippen LogP contribution in [0.1, 0.15) is 44.7 Å². The standard InChI is InChI=1S/C17H23ClN4O2S/c1-3-5-10-22-16(24)20-21-17(22)25-11-15(23)19-14(4-2)12-6-8-13(18)9-7-12/h6-9,14H,3-5,10-11H2,1-2H3,(H,19,23)(H,20,24). The summed E-state index contributed by atoms with van der Waals surface area (Å²) in [5.74, 6) is 0.116. The van der Waals surface area contributed by atoms with Gasteiger partial charge >= 0.3 is 5.69 Å². The topological polar surface area (TPSA) is 79.8 Å². The number of hydrogen-bond donors (Lipinski definition) is 2. The summed E-state index contributed by atoms with van der Waals surface area (Å²) in [6.45, 7) is 4.69. The lowest BCUT2D eigenvalue weighted by atomic mass is 10.0. The van der Waals surface area contributed by atoms with Gasteiger partial charge in [-0.25, -0.2) is 9.89 Å². The van der Waals surface area contributed by atoms with Gasteiger partial charge in [-0.05, 0) is 30.5 Å². The summed E-state index contributed by atoms with van der Waals surface area (Å²) in [4.78, 5) is 24.0. The minimum absolute atomic E-state index is 0.0631. The Bertz CT molecular complexity index is 742. The van der Waals surface area contributed by atoms with E-state index >= 15 is 0 Å². The van der Waals surface area contributed by atoms with Crippen LogP contribution in [-0.4, -0.2) is 26.4 Å². The van der Waals surface area contributed by atoms with E-state index in [1.165, 1.54) is 11.8 Å². The molecule has 2 rings (SSSR count). The Morgan fingerprint density at radius 1 is 1.36 bits per heavy atom. The first-order valence-electron chi connectivity index (χ1n) is 8.38. The summed E-state index contributed by atoms with van der Waals surface area (Å²) >= 11 is 7.17. The van der Waals surface area contributed by atoms with Crippen molar-refractivity contribution in [3.63, 3.8) is 0 Å². The molecule has 25 heavy (non-hydrogen) atoms. The first-order valence-corrected chi connectivity index (χ1v) is 9.74. The number of carbonyl (C=O) groups excluding carboxylic acids is 1. The molecule has 2 N–H and O–H groups in total. The molecule has 1 heterocycles. The first-order chi connectivity index (χ1) is 12.0. The Morgan fingerprint density at radius 3 is 2.72 bits per heavy atom. The Morgan fingerprint density at radius 2 is 2.08 bits per heavy atom. The molecule has 2 aromatic rings. The molecule has 1 aromatic heterocycles. The highest BCUT2D eigenvalue weighted by Crippen LogP contribution is 2.20. The van der Waals surface area contributed by atoms with Gasteiger partial charge in [0.1, 0.15) is 0 Å². The number of nitrogens with zero attached hydrogens (tertiary/aromatic N) is 2. The molecule has 136 valence electrons. The van der Waals surface area contributed by atoms with Crippen LogP contribution in [0.2, 0.25) is 5.02 Å². The van der Waals surface area contributed by atoms with E-state index in [0.717, 1.165) is 24.8 Å². The van der Waals surface area contributed by atoms with E-state index in [1.807, 2.05) is 31.2 Å². The van der Waals surface area contributed by atoms with E-state index in [2.05, 4.69) is 22.4 Å². The third-order valence-corrected chi connectivity index (χ3v) is 5.04. The van der Waals surface area contributed by atoms with Crippen molar-refractivity contribution in [3.8, 4) is 0 Å². The maximum Gasteiger partial charge on any atom is 0.343 e. The highest BCUT2D eigenvalue weighted by atomic mass is 35.5. The Kier molecular flexibility index (Phi) is 7.58. The molecule has 0 aliphatic rings. The van der Waals surface area contributed by atoms with Gasteiger partial charge < -0.3 is 5.32 Å². The van der Waals surface area contributed by atoms with Gasteiger partial charge in [-0.15, -0.1) is 5.10 Å². The van der Waals surface area contributed by atoms with E-state index < -0.39 is 0 Å². The molecule has 0 saturated carbocycles. The van der Waals surface area contributed by atoms with Gasteiger partial charge in [0.2, 0.25) is 5.91 Å². The number of aromatic nitrogens is 3. The lowest BCUT2D eigenvalue weighted by Gasteiger charge is -2.17. The van der Waals surface area contributed by atoms with E-state index in [-0.39, 0.29) is 23.4 Å². The maximum absolute atomic E-state index is 12.3. The van der Waals surface area contributed by atoms with Gasteiger partial charge in [0.25, 0.3) is 0 Å². The first kappa shape index (κ1) is 19.6. The molecule has 0 aliphatic carbocycles. The molecule has 0 saturated heterocycles. The van der Waals surface area contributed by atoms with Crippen molar-refractivity contribution in [2.24, 2.45) is 0 Å². The Labute approximate surface area is 156 Å². The van der Waals surface area contributed by atoms with Crippen molar-refractivity contribution in [1.29, 1.82) is 0 Å². The second kappa shape index (κ2) is 9.68. The zero-order valence-electron chi connectivity index (χ0n) is 14.4. The fourth-order valence-corrected chi connectivity index (χ4v) is 3.32. The number of rotatable bonds is 9. The van der Waals surface area contributed by atoms with Crippen molar-refractivity contribution in [2.45, 2.75) is 50.9 Å². The molecule has 6 nitrogen and oxygen atoms in total. The predicted molar refractivity (Wildman–Crippen MR) is 101 cm³/mol. The van der Waals surface area contributed by atoms with Gasteiger partial charge in [0, 0.05) is 11.6 Å². The summed E-state index contributed by atoms with van der Waals surface area (Å²) in [7, 11) is 0. The molecule has 0 bridgehead atoms. The fraction of sp³-hybridized carbons (Fsp3) is 0.471. The number of benzene rings is 1. The van der Waals surface area contributed by atoms with Crippen molar-refractivity contribution in [3.05, 3.63) is 45.3 Å². The number of thioether (sulfide) groups is 1. The molecule has 1 unspecified atom stereocenters. The summed E-state index contributed by atoms with van der Waals surface area (Å²) in [6.07, 6.45) is 2.66. The van der Waals surface area contributed by atoms with Gasteiger partial charge in [0.15, 0.2) is 5.16 Å². The van der Waals surface area contributed by atoms with Gasteiger partial charge in [-0.2, -0.15) is 0 Å². The van der Waals surface area contributed by atoms with Crippen LogP contribution in [0, 0.1) is 0 Å².